The van der Waals surface area contributed by atoms with Crippen LogP contribution in [0.4, 0.5) is 0 Å². The first-order chi connectivity index (χ1) is 9.71. The molecule has 1 saturated heterocycles. The zero-order chi connectivity index (χ0) is 15.7. The minimum atomic E-state index is 0.167. The lowest BCUT2D eigenvalue weighted by atomic mass is 9.82. The van der Waals surface area contributed by atoms with E-state index in [1.807, 2.05) is 6.07 Å². The molecule has 0 saturated carbocycles. The Hall–Kier alpha value is -1.06. The molecule has 1 aromatic carbocycles. The van der Waals surface area contributed by atoms with E-state index in [1.165, 1.54) is 5.56 Å². The van der Waals surface area contributed by atoms with E-state index in [0.717, 1.165) is 25.4 Å². The van der Waals surface area contributed by atoms with Gasteiger partial charge in [-0.3, -0.25) is 4.90 Å². The van der Waals surface area contributed by atoms with Gasteiger partial charge in [-0.15, -0.1) is 0 Å². The Morgan fingerprint density at radius 2 is 2.05 bits per heavy atom. The summed E-state index contributed by atoms with van der Waals surface area (Å²) in [5.41, 5.74) is 1.75. The Kier molecular flexibility index (Phi) is 4.64. The van der Waals surface area contributed by atoms with Gasteiger partial charge in [0.05, 0.1) is 7.11 Å². The standard InChI is InChI=1S/C18H30N2O/c1-17(2,3)16-11-19-18(4,5)13-20(16)12-14-8-7-9-15(10-14)21-6/h7-10,16,19H,11-13H2,1-6H3. The van der Waals surface area contributed by atoms with Gasteiger partial charge < -0.3 is 10.1 Å². The van der Waals surface area contributed by atoms with E-state index < -0.39 is 0 Å². The van der Waals surface area contributed by atoms with Crippen molar-refractivity contribution in [1.29, 1.82) is 0 Å². The number of hydrogen-bond acceptors (Lipinski definition) is 3. The number of rotatable bonds is 3. The average molecular weight is 290 g/mol. The summed E-state index contributed by atoms with van der Waals surface area (Å²) >= 11 is 0. The van der Waals surface area contributed by atoms with Crippen LogP contribution in [-0.4, -0.2) is 36.7 Å². The number of ether oxygens (including phenoxy) is 1. The highest BCUT2D eigenvalue weighted by Crippen LogP contribution is 2.30. The molecule has 0 amide bonds. The smallest absolute Gasteiger partial charge is 0.119 e. The molecule has 1 aliphatic rings. The van der Waals surface area contributed by atoms with Gasteiger partial charge in [0.2, 0.25) is 0 Å². The van der Waals surface area contributed by atoms with E-state index in [-0.39, 0.29) is 11.0 Å². The molecular formula is C18H30N2O. The third kappa shape index (κ3) is 4.21. The van der Waals surface area contributed by atoms with Crippen LogP contribution in [0.5, 0.6) is 5.75 Å². The Morgan fingerprint density at radius 3 is 2.67 bits per heavy atom. The highest BCUT2D eigenvalue weighted by molar-refractivity contribution is 5.28. The van der Waals surface area contributed by atoms with Crippen LogP contribution >= 0.6 is 0 Å². The molecule has 2 rings (SSSR count). The molecule has 118 valence electrons. The lowest BCUT2D eigenvalue weighted by Gasteiger charge is -2.49. The number of benzene rings is 1. The molecule has 0 aliphatic carbocycles. The summed E-state index contributed by atoms with van der Waals surface area (Å²) in [5, 5.41) is 3.69. The minimum absolute atomic E-state index is 0.167. The van der Waals surface area contributed by atoms with E-state index >= 15 is 0 Å². The maximum atomic E-state index is 5.35. The maximum absolute atomic E-state index is 5.35. The Balaban J connectivity index is 2.19. The van der Waals surface area contributed by atoms with Crippen molar-refractivity contribution in [3.63, 3.8) is 0 Å². The molecule has 3 nitrogen and oxygen atoms in total. The summed E-state index contributed by atoms with van der Waals surface area (Å²) in [6.45, 7) is 14.6. The second-order valence-electron chi connectivity index (χ2n) is 7.90. The van der Waals surface area contributed by atoms with Crippen LogP contribution in [0.25, 0.3) is 0 Å². The van der Waals surface area contributed by atoms with E-state index in [9.17, 15) is 0 Å². The van der Waals surface area contributed by atoms with Crippen LogP contribution < -0.4 is 10.1 Å². The zero-order valence-corrected chi connectivity index (χ0v) is 14.4. The van der Waals surface area contributed by atoms with Gasteiger partial charge in [0.15, 0.2) is 0 Å². The first-order valence-electron chi connectivity index (χ1n) is 7.83. The quantitative estimate of drug-likeness (QED) is 0.924. The van der Waals surface area contributed by atoms with Gasteiger partial charge >= 0.3 is 0 Å². The topological polar surface area (TPSA) is 24.5 Å². The molecular weight excluding hydrogens is 260 g/mol. The molecule has 1 heterocycles. The molecule has 1 unspecified atom stereocenters. The highest BCUT2D eigenvalue weighted by Gasteiger charge is 2.38. The fraction of sp³-hybridized carbons (Fsp3) is 0.667. The molecule has 3 heteroatoms. The van der Waals surface area contributed by atoms with E-state index in [0.29, 0.717) is 6.04 Å². The van der Waals surface area contributed by atoms with Crippen molar-refractivity contribution < 1.29 is 4.74 Å². The summed E-state index contributed by atoms with van der Waals surface area (Å²) in [5.74, 6) is 0.939. The third-order valence-corrected chi connectivity index (χ3v) is 4.33. The van der Waals surface area contributed by atoms with Crippen LogP contribution in [-0.2, 0) is 6.54 Å². The lowest BCUT2D eigenvalue weighted by Crippen LogP contribution is -2.64. The van der Waals surface area contributed by atoms with Gasteiger partial charge in [0.25, 0.3) is 0 Å². The number of hydrogen-bond donors (Lipinski definition) is 1. The SMILES string of the molecule is COc1cccc(CN2CC(C)(C)NCC2C(C)(C)C)c1. The maximum Gasteiger partial charge on any atom is 0.119 e. The summed E-state index contributed by atoms with van der Waals surface area (Å²) < 4.78 is 5.35. The van der Waals surface area contributed by atoms with Crippen LogP contribution in [0.2, 0.25) is 0 Å². The van der Waals surface area contributed by atoms with Crippen LogP contribution in [0.15, 0.2) is 24.3 Å². The van der Waals surface area contributed by atoms with Gasteiger partial charge in [-0.05, 0) is 37.0 Å². The van der Waals surface area contributed by atoms with Gasteiger partial charge in [-0.2, -0.15) is 0 Å². The van der Waals surface area contributed by atoms with Crippen molar-refractivity contribution in [2.75, 3.05) is 20.2 Å². The largest absolute Gasteiger partial charge is 0.497 e. The predicted octanol–water partition coefficient (Wildman–Crippen LogP) is 3.29. The van der Waals surface area contributed by atoms with Crippen molar-refractivity contribution in [3.05, 3.63) is 29.8 Å². The molecule has 0 aromatic heterocycles. The summed E-state index contributed by atoms with van der Waals surface area (Å²) in [4.78, 5) is 2.62. The highest BCUT2D eigenvalue weighted by atomic mass is 16.5. The fourth-order valence-corrected chi connectivity index (χ4v) is 3.20. The van der Waals surface area contributed by atoms with Gasteiger partial charge in [0, 0.05) is 31.2 Å². The van der Waals surface area contributed by atoms with Crippen LogP contribution in [0, 0.1) is 5.41 Å². The molecule has 0 bridgehead atoms. The Morgan fingerprint density at radius 1 is 1.33 bits per heavy atom. The van der Waals surface area contributed by atoms with Crippen molar-refractivity contribution in [2.45, 2.75) is 52.7 Å². The van der Waals surface area contributed by atoms with Gasteiger partial charge in [-0.1, -0.05) is 32.9 Å². The normalized spacial score (nSPS) is 23.0. The second-order valence-corrected chi connectivity index (χ2v) is 7.90. The molecule has 0 radical (unpaired) electrons. The summed E-state index contributed by atoms with van der Waals surface area (Å²) in [6, 6.07) is 8.96. The Bertz CT molecular complexity index is 476. The van der Waals surface area contributed by atoms with E-state index in [2.05, 4.69) is 63.0 Å². The molecule has 0 spiro atoms. The van der Waals surface area contributed by atoms with E-state index in [4.69, 9.17) is 4.74 Å². The number of methoxy groups -OCH3 is 1. The molecule has 1 atom stereocenters. The van der Waals surface area contributed by atoms with Gasteiger partial charge in [0.1, 0.15) is 5.75 Å². The summed E-state index contributed by atoms with van der Waals surface area (Å²) in [7, 11) is 1.73. The first kappa shape index (κ1) is 16.3. The predicted molar refractivity (Wildman–Crippen MR) is 88.7 cm³/mol. The minimum Gasteiger partial charge on any atom is -0.497 e. The van der Waals surface area contributed by atoms with Crippen LogP contribution in [0.3, 0.4) is 0 Å². The molecule has 1 N–H and O–H groups in total. The fourth-order valence-electron chi connectivity index (χ4n) is 3.20. The molecule has 1 aliphatic heterocycles. The zero-order valence-electron chi connectivity index (χ0n) is 14.4. The van der Waals surface area contributed by atoms with Gasteiger partial charge in [-0.25, -0.2) is 0 Å². The average Bonchev–Trinajstić information content (AvgIpc) is 2.36. The molecule has 21 heavy (non-hydrogen) atoms. The van der Waals surface area contributed by atoms with Crippen molar-refractivity contribution in [2.24, 2.45) is 5.41 Å². The number of nitrogens with zero attached hydrogens (tertiary/aromatic N) is 1. The summed E-state index contributed by atoms with van der Waals surface area (Å²) in [6.07, 6.45) is 0. The Labute approximate surface area is 129 Å². The van der Waals surface area contributed by atoms with Crippen molar-refractivity contribution in [3.8, 4) is 5.75 Å². The number of piperazine rings is 1. The third-order valence-electron chi connectivity index (χ3n) is 4.33. The lowest BCUT2D eigenvalue weighted by molar-refractivity contribution is 0.0271. The van der Waals surface area contributed by atoms with E-state index in [1.54, 1.807) is 7.11 Å². The van der Waals surface area contributed by atoms with Crippen molar-refractivity contribution >= 4 is 0 Å². The number of nitrogens with one attached hydrogen (secondary N) is 1. The first-order valence-corrected chi connectivity index (χ1v) is 7.83. The molecule has 1 aromatic rings. The van der Waals surface area contributed by atoms with Crippen LogP contribution in [0.1, 0.15) is 40.2 Å². The van der Waals surface area contributed by atoms with Crippen molar-refractivity contribution in [1.82, 2.24) is 10.2 Å². The second kappa shape index (κ2) is 5.98. The monoisotopic (exact) mass is 290 g/mol. The molecule has 1 fully saturated rings.